The fraction of sp³-hybridized carbons (Fsp3) is 0.250. The van der Waals surface area contributed by atoms with E-state index in [1.165, 1.54) is 0 Å². The number of aryl methyl sites for hydroxylation is 1. The lowest BCUT2D eigenvalue weighted by Crippen LogP contribution is -2.23. The van der Waals surface area contributed by atoms with Crippen LogP contribution < -0.4 is 10.1 Å². The second kappa shape index (κ2) is 6.87. The molecule has 106 valence electrons. The minimum Gasteiger partial charge on any atom is -0.489 e. The molecule has 4 heteroatoms. The standard InChI is InChI=1S/C16H17Cl2NO/c1-11-5-3-4-6-16(11)20-12(2)10-19-13-7-8-14(17)15(18)9-13/h3-9,12,19H,10H2,1-2H3. The highest BCUT2D eigenvalue weighted by molar-refractivity contribution is 6.42. The van der Waals surface area contributed by atoms with Crippen LogP contribution in [0.2, 0.25) is 10.0 Å². The molecule has 2 aromatic rings. The fourth-order valence-corrected chi connectivity index (χ4v) is 2.11. The molecule has 1 unspecified atom stereocenters. The van der Waals surface area contributed by atoms with Crippen molar-refractivity contribution in [3.63, 3.8) is 0 Å². The van der Waals surface area contributed by atoms with Gasteiger partial charge in [0.15, 0.2) is 0 Å². The van der Waals surface area contributed by atoms with Crippen LogP contribution in [0.5, 0.6) is 5.75 Å². The number of para-hydroxylation sites is 1. The third kappa shape index (κ3) is 4.06. The largest absolute Gasteiger partial charge is 0.489 e. The molecule has 0 amide bonds. The molecule has 0 aliphatic carbocycles. The van der Waals surface area contributed by atoms with Crippen LogP contribution in [0.4, 0.5) is 5.69 Å². The first kappa shape index (κ1) is 15.0. The van der Waals surface area contributed by atoms with Gasteiger partial charge in [-0.15, -0.1) is 0 Å². The minimum atomic E-state index is 0.0468. The zero-order valence-electron chi connectivity index (χ0n) is 11.5. The van der Waals surface area contributed by atoms with E-state index in [2.05, 4.69) is 5.32 Å². The quantitative estimate of drug-likeness (QED) is 0.821. The van der Waals surface area contributed by atoms with E-state index in [9.17, 15) is 0 Å². The van der Waals surface area contributed by atoms with Crippen LogP contribution in [0.3, 0.4) is 0 Å². The number of benzene rings is 2. The molecule has 1 N–H and O–H groups in total. The van der Waals surface area contributed by atoms with E-state index in [0.29, 0.717) is 16.6 Å². The average Bonchev–Trinajstić information content (AvgIpc) is 2.43. The molecule has 20 heavy (non-hydrogen) atoms. The molecular weight excluding hydrogens is 293 g/mol. The number of nitrogens with one attached hydrogen (secondary N) is 1. The molecule has 0 bridgehead atoms. The number of halogens is 2. The summed E-state index contributed by atoms with van der Waals surface area (Å²) >= 11 is 11.9. The molecule has 0 radical (unpaired) electrons. The molecule has 0 saturated heterocycles. The maximum atomic E-state index is 5.98. The molecule has 0 aliphatic rings. The third-order valence-corrected chi connectivity index (χ3v) is 3.67. The van der Waals surface area contributed by atoms with Gasteiger partial charge in [-0.2, -0.15) is 0 Å². The van der Waals surface area contributed by atoms with Crippen LogP contribution in [0.25, 0.3) is 0 Å². The van der Waals surface area contributed by atoms with Crippen molar-refractivity contribution < 1.29 is 4.74 Å². The fourth-order valence-electron chi connectivity index (χ4n) is 1.81. The van der Waals surface area contributed by atoms with E-state index in [1.54, 1.807) is 6.07 Å². The summed E-state index contributed by atoms with van der Waals surface area (Å²) in [5.41, 5.74) is 2.06. The van der Waals surface area contributed by atoms with E-state index < -0.39 is 0 Å². The van der Waals surface area contributed by atoms with Crippen LogP contribution in [-0.2, 0) is 0 Å². The van der Waals surface area contributed by atoms with E-state index in [1.807, 2.05) is 50.2 Å². The van der Waals surface area contributed by atoms with Crippen molar-refractivity contribution in [2.45, 2.75) is 20.0 Å². The highest BCUT2D eigenvalue weighted by Crippen LogP contribution is 2.25. The second-order valence-corrected chi connectivity index (χ2v) is 5.52. The van der Waals surface area contributed by atoms with Crippen molar-refractivity contribution in [2.75, 3.05) is 11.9 Å². The maximum Gasteiger partial charge on any atom is 0.122 e. The maximum absolute atomic E-state index is 5.98. The number of anilines is 1. The minimum absolute atomic E-state index is 0.0468. The molecule has 2 rings (SSSR count). The predicted octanol–water partition coefficient (Wildman–Crippen LogP) is 5.18. The smallest absolute Gasteiger partial charge is 0.122 e. The van der Waals surface area contributed by atoms with Gasteiger partial charge in [0.05, 0.1) is 16.6 Å². The Balaban J connectivity index is 1.90. The van der Waals surface area contributed by atoms with Gasteiger partial charge in [0.1, 0.15) is 11.9 Å². The van der Waals surface area contributed by atoms with Crippen LogP contribution >= 0.6 is 23.2 Å². The number of hydrogen-bond donors (Lipinski definition) is 1. The van der Waals surface area contributed by atoms with Gasteiger partial charge in [0.2, 0.25) is 0 Å². The van der Waals surface area contributed by atoms with Crippen LogP contribution in [0.15, 0.2) is 42.5 Å². The van der Waals surface area contributed by atoms with E-state index >= 15 is 0 Å². The Kier molecular flexibility index (Phi) is 5.16. The summed E-state index contributed by atoms with van der Waals surface area (Å²) in [7, 11) is 0. The van der Waals surface area contributed by atoms with Crippen LogP contribution in [0.1, 0.15) is 12.5 Å². The Morgan fingerprint density at radius 1 is 1.10 bits per heavy atom. The Labute approximate surface area is 129 Å². The third-order valence-electron chi connectivity index (χ3n) is 2.93. The highest BCUT2D eigenvalue weighted by atomic mass is 35.5. The lowest BCUT2D eigenvalue weighted by molar-refractivity contribution is 0.233. The summed E-state index contributed by atoms with van der Waals surface area (Å²) in [5.74, 6) is 0.913. The molecule has 1 atom stereocenters. The number of rotatable bonds is 5. The Morgan fingerprint density at radius 3 is 2.55 bits per heavy atom. The highest BCUT2D eigenvalue weighted by Gasteiger charge is 2.06. The van der Waals surface area contributed by atoms with Gasteiger partial charge in [-0.05, 0) is 43.7 Å². The first-order valence-corrected chi connectivity index (χ1v) is 7.23. The number of ether oxygens (including phenoxy) is 1. The summed E-state index contributed by atoms with van der Waals surface area (Å²) in [6, 6.07) is 13.5. The first-order chi connectivity index (χ1) is 9.56. The van der Waals surface area contributed by atoms with Gasteiger partial charge in [0, 0.05) is 5.69 Å². The normalized spacial score (nSPS) is 12.0. The predicted molar refractivity (Wildman–Crippen MR) is 86.2 cm³/mol. The molecule has 2 nitrogen and oxygen atoms in total. The SMILES string of the molecule is Cc1ccccc1OC(C)CNc1ccc(Cl)c(Cl)c1. The Morgan fingerprint density at radius 2 is 1.85 bits per heavy atom. The van der Waals surface area contributed by atoms with Crippen molar-refractivity contribution in [3.05, 3.63) is 58.1 Å². The molecule has 2 aromatic carbocycles. The van der Waals surface area contributed by atoms with Crippen molar-refractivity contribution in [2.24, 2.45) is 0 Å². The monoisotopic (exact) mass is 309 g/mol. The van der Waals surface area contributed by atoms with Gasteiger partial charge >= 0.3 is 0 Å². The van der Waals surface area contributed by atoms with Gasteiger partial charge in [-0.1, -0.05) is 41.4 Å². The van der Waals surface area contributed by atoms with Crippen molar-refractivity contribution in [3.8, 4) is 5.75 Å². The molecule has 0 saturated carbocycles. The first-order valence-electron chi connectivity index (χ1n) is 6.47. The van der Waals surface area contributed by atoms with E-state index in [4.69, 9.17) is 27.9 Å². The summed E-state index contributed by atoms with van der Waals surface area (Å²) in [6.45, 7) is 4.75. The summed E-state index contributed by atoms with van der Waals surface area (Å²) in [5, 5.41) is 4.39. The van der Waals surface area contributed by atoms with Gasteiger partial charge < -0.3 is 10.1 Å². The lowest BCUT2D eigenvalue weighted by atomic mass is 10.2. The zero-order valence-corrected chi connectivity index (χ0v) is 13.0. The van der Waals surface area contributed by atoms with Crippen molar-refractivity contribution in [1.29, 1.82) is 0 Å². The van der Waals surface area contributed by atoms with Crippen molar-refractivity contribution in [1.82, 2.24) is 0 Å². The van der Waals surface area contributed by atoms with Gasteiger partial charge in [-0.3, -0.25) is 0 Å². The molecule has 0 heterocycles. The molecule has 0 aromatic heterocycles. The molecule has 0 fully saturated rings. The Bertz CT molecular complexity index is 586. The van der Waals surface area contributed by atoms with Crippen molar-refractivity contribution >= 4 is 28.9 Å². The second-order valence-electron chi connectivity index (χ2n) is 4.70. The lowest BCUT2D eigenvalue weighted by Gasteiger charge is -2.17. The van der Waals surface area contributed by atoms with Gasteiger partial charge in [0.25, 0.3) is 0 Å². The van der Waals surface area contributed by atoms with Crippen LogP contribution in [-0.4, -0.2) is 12.6 Å². The topological polar surface area (TPSA) is 21.3 Å². The summed E-state index contributed by atoms with van der Waals surface area (Å²) in [4.78, 5) is 0. The van der Waals surface area contributed by atoms with Crippen LogP contribution in [0, 0.1) is 6.92 Å². The van der Waals surface area contributed by atoms with Gasteiger partial charge in [-0.25, -0.2) is 0 Å². The van der Waals surface area contributed by atoms with E-state index in [0.717, 1.165) is 17.0 Å². The molecular formula is C16H17Cl2NO. The Hall–Kier alpha value is -1.38. The van der Waals surface area contributed by atoms with E-state index in [-0.39, 0.29) is 6.10 Å². The molecule has 0 aliphatic heterocycles. The number of hydrogen-bond acceptors (Lipinski definition) is 2. The summed E-state index contributed by atoms with van der Waals surface area (Å²) < 4.78 is 5.90. The molecule has 0 spiro atoms. The summed E-state index contributed by atoms with van der Waals surface area (Å²) in [6.07, 6.45) is 0.0468. The zero-order chi connectivity index (χ0) is 14.5. The average molecular weight is 310 g/mol.